The molecule has 6 rings (SSSR count). The first kappa shape index (κ1) is 29.4. The van der Waals surface area contributed by atoms with Gasteiger partial charge in [-0.2, -0.15) is 0 Å². The van der Waals surface area contributed by atoms with Crippen LogP contribution < -0.4 is 5.32 Å². The lowest BCUT2D eigenvalue weighted by Gasteiger charge is -2.29. The number of unbranched alkanes of at least 4 members (excludes halogenated alkanes) is 1. The van der Waals surface area contributed by atoms with E-state index in [2.05, 4.69) is 55.6 Å². The maximum atomic E-state index is 13.9. The van der Waals surface area contributed by atoms with Gasteiger partial charge in [0.25, 0.3) is 0 Å². The van der Waals surface area contributed by atoms with Crippen molar-refractivity contribution in [2.24, 2.45) is 5.92 Å². The Morgan fingerprint density at radius 2 is 1.40 bits per heavy atom. The first-order chi connectivity index (χ1) is 21.1. The highest BCUT2D eigenvalue weighted by atomic mass is 32.2. The molecule has 0 saturated heterocycles. The highest BCUT2D eigenvalue weighted by molar-refractivity contribution is 7.99. The number of fused-ring (bicyclic) bond motifs is 2. The molecule has 1 fully saturated rings. The average molecular weight is 588 g/mol. The van der Waals surface area contributed by atoms with Crippen LogP contribution in [0.5, 0.6) is 0 Å². The van der Waals surface area contributed by atoms with Gasteiger partial charge in [0.2, 0.25) is 0 Å². The van der Waals surface area contributed by atoms with Gasteiger partial charge in [0, 0.05) is 32.2 Å². The molecule has 220 valence electrons. The number of carbonyl (C=O) groups is 2. The summed E-state index contributed by atoms with van der Waals surface area (Å²) in [5.41, 5.74) is 6.18. The molecule has 0 radical (unpaired) electrons. The van der Waals surface area contributed by atoms with Crippen LogP contribution in [0.25, 0.3) is 0 Å². The number of nitrogens with one attached hydrogen (secondary N) is 1. The van der Waals surface area contributed by atoms with E-state index in [0.717, 1.165) is 34.2 Å². The molecule has 4 aromatic carbocycles. The third-order valence-corrected chi connectivity index (χ3v) is 10.3. The molecule has 0 unspecified atom stereocenters. The SMILES string of the molecule is CCCCC1CCC(c2ccc(Sc3cccc4c3C(=O)c3cccc(Nc5ccc(CCC)cc5)c3C4=O)cc2)CC1. The zero-order valence-corrected chi connectivity index (χ0v) is 26.1. The van der Waals surface area contributed by atoms with Crippen molar-refractivity contribution in [3.8, 4) is 0 Å². The predicted octanol–water partition coefficient (Wildman–Crippen LogP) is 10.8. The first-order valence-corrected chi connectivity index (χ1v) is 16.9. The van der Waals surface area contributed by atoms with E-state index in [1.54, 1.807) is 23.9 Å². The molecule has 2 aliphatic rings. The van der Waals surface area contributed by atoms with Crippen LogP contribution in [0.4, 0.5) is 11.4 Å². The van der Waals surface area contributed by atoms with Crippen molar-refractivity contribution in [3.63, 3.8) is 0 Å². The lowest BCUT2D eigenvalue weighted by Crippen LogP contribution is -2.23. The van der Waals surface area contributed by atoms with Crippen molar-refractivity contribution in [2.45, 2.75) is 87.3 Å². The normalized spacial score (nSPS) is 17.8. The molecule has 0 amide bonds. The maximum Gasteiger partial charge on any atom is 0.196 e. The summed E-state index contributed by atoms with van der Waals surface area (Å²) in [6.45, 7) is 4.45. The van der Waals surface area contributed by atoms with Crippen LogP contribution in [0.1, 0.15) is 114 Å². The van der Waals surface area contributed by atoms with Gasteiger partial charge in [-0.05, 0) is 91.5 Å². The second-order valence-corrected chi connectivity index (χ2v) is 13.3. The lowest BCUT2D eigenvalue weighted by molar-refractivity contribution is 0.0977. The Balaban J connectivity index is 1.20. The number of rotatable bonds is 10. The van der Waals surface area contributed by atoms with E-state index in [1.165, 1.54) is 56.1 Å². The smallest absolute Gasteiger partial charge is 0.196 e. The number of hydrogen-bond donors (Lipinski definition) is 1. The van der Waals surface area contributed by atoms with Crippen LogP contribution in [0.2, 0.25) is 0 Å². The number of anilines is 2. The summed E-state index contributed by atoms with van der Waals surface area (Å²) in [5.74, 6) is 1.35. The zero-order valence-electron chi connectivity index (χ0n) is 25.3. The van der Waals surface area contributed by atoms with Crippen molar-refractivity contribution >= 4 is 34.7 Å². The Kier molecular flexibility index (Phi) is 9.14. The monoisotopic (exact) mass is 587 g/mol. The van der Waals surface area contributed by atoms with Crippen LogP contribution in [-0.4, -0.2) is 11.6 Å². The van der Waals surface area contributed by atoms with Gasteiger partial charge in [-0.1, -0.05) is 99.8 Å². The third-order valence-electron chi connectivity index (χ3n) is 9.20. The molecule has 0 aliphatic heterocycles. The van der Waals surface area contributed by atoms with Crippen molar-refractivity contribution in [2.75, 3.05) is 5.32 Å². The van der Waals surface area contributed by atoms with E-state index in [4.69, 9.17) is 0 Å². The second-order valence-electron chi connectivity index (χ2n) is 12.2. The fraction of sp³-hybridized carbons (Fsp3) is 0.333. The van der Waals surface area contributed by atoms with E-state index < -0.39 is 0 Å². The number of carbonyl (C=O) groups excluding carboxylic acids is 2. The molecule has 1 saturated carbocycles. The number of ketones is 2. The number of hydrogen-bond acceptors (Lipinski definition) is 4. The standard InChI is InChI=1S/C39H41NO2S/c1-3-5-9-27-14-18-28(19-15-27)29-20-24-31(25-21-29)43-35-13-7-11-33-37(35)39(42)32-10-6-12-34(36(32)38(33)41)40-30-22-16-26(8-4-2)17-23-30/h6-7,10-13,16-17,20-25,27-28,40H,3-5,8-9,14-15,18-19H2,1-2H3. The lowest BCUT2D eigenvalue weighted by atomic mass is 9.77. The van der Waals surface area contributed by atoms with Crippen LogP contribution in [-0.2, 0) is 6.42 Å². The molecular formula is C39H41NO2S. The van der Waals surface area contributed by atoms with Gasteiger partial charge in [0.1, 0.15) is 0 Å². The molecule has 0 spiro atoms. The minimum atomic E-state index is -0.109. The van der Waals surface area contributed by atoms with Gasteiger partial charge in [-0.15, -0.1) is 0 Å². The quantitative estimate of drug-likeness (QED) is 0.177. The van der Waals surface area contributed by atoms with Gasteiger partial charge >= 0.3 is 0 Å². The van der Waals surface area contributed by atoms with Crippen LogP contribution in [0.15, 0.2) is 94.7 Å². The molecule has 2 aliphatic carbocycles. The van der Waals surface area contributed by atoms with Gasteiger partial charge in [-0.3, -0.25) is 9.59 Å². The molecule has 0 atom stereocenters. The van der Waals surface area contributed by atoms with E-state index in [0.29, 0.717) is 33.9 Å². The number of aryl methyl sites for hydroxylation is 1. The average Bonchev–Trinajstić information content (AvgIpc) is 3.04. The largest absolute Gasteiger partial charge is 0.355 e. The third kappa shape index (κ3) is 6.35. The highest BCUT2D eigenvalue weighted by Gasteiger charge is 2.33. The molecule has 4 heteroatoms. The van der Waals surface area contributed by atoms with E-state index in [-0.39, 0.29) is 11.6 Å². The molecular weight excluding hydrogens is 547 g/mol. The Morgan fingerprint density at radius 3 is 2.09 bits per heavy atom. The summed E-state index contributed by atoms with van der Waals surface area (Å²) in [4.78, 5) is 29.8. The van der Waals surface area contributed by atoms with Crippen molar-refractivity contribution in [1.82, 2.24) is 0 Å². The summed E-state index contributed by atoms with van der Waals surface area (Å²) < 4.78 is 0. The van der Waals surface area contributed by atoms with Gasteiger partial charge in [0.15, 0.2) is 11.6 Å². The predicted molar refractivity (Wildman–Crippen MR) is 178 cm³/mol. The summed E-state index contributed by atoms with van der Waals surface area (Å²) in [5, 5.41) is 3.40. The summed E-state index contributed by atoms with van der Waals surface area (Å²) in [6.07, 6.45) is 11.4. The molecule has 0 bridgehead atoms. The van der Waals surface area contributed by atoms with E-state index in [1.807, 2.05) is 36.4 Å². The second kappa shape index (κ2) is 13.3. The van der Waals surface area contributed by atoms with Crippen LogP contribution >= 0.6 is 11.8 Å². The molecule has 1 N–H and O–H groups in total. The van der Waals surface area contributed by atoms with Crippen molar-refractivity contribution in [1.29, 1.82) is 0 Å². The molecule has 0 heterocycles. The van der Waals surface area contributed by atoms with E-state index in [9.17, 15) is 9.59 Å². The Bertz CT molecular complexity index is 1600. The van der Waals surface area contributed by atoms with Crippen molar-refractivity contribution in [3.05, 3.63) is 118 Å². The Labute approximate surface area is 260 Å². The van der Waals surface area contributed by atoms with Gasteiger partial charge < -0.3 is 5.32 Å². The van der Waals surface area contributed by atoms with Crippen LogP contribution in [0.3, 0.4) is 0 Å². The minimum Gasteiger partial charge on any atom is -0.355 e. The highest BCUT2D eigenvalue weighted by Crippen LogP contribution is 2.41. The summed E-state index contributed by atoms with van der Waals surface area (Å²) in [7, 11) is 0. The molecule has 43 heavy (non-hydrogen) atoms. The van der Waals surface area contributed by atoms with Gasteiger partial charge in [-0.25, -0.2) is 0 Å². The fourth-order valence-corrected chi connectivity index (χ4v) is 7.79. The maximum absolute atomic E-state index is 13.9. The first-order valence-electron chi connectivity index (χ1n) is 16.0. The zero-order chi connectivity index (χ0) is 29.8. The molecule has 4 aromatic rings. The summed E-state index contributed by atoms with van der Waals surface area (Å²) in [6, 6.07) is 28.3. The number of benzene rings is 4. The van der Waals surface area contributed by atoms with Crippen LogP contribution in [0, 0.1) is 5.92 Å². The van der Waals surface area contributed by atoms with Crippen molar-refractivity contribution < 1.29 is 9.59 Å². The molecule has 0 aromatic heterocycles. The van der Waals surface area contributed by atoms with E-state index >= 15 is 0 Å². The molecule has 3 nitrogen and oxygen atoms in total. The minimum absolute atomic E-state index is 0.0916. The summed E-state index contributed by atoms with van der Waals surface area (Å²) >= 11 is 1.57. The topological polar surface area (TPSA) is 46.2 Å². The van der Waals surface area contributed by atoms with Gasteiger partial charge in [0.05, 0.1) is 11.3 Å². The Morgan fingerprint density at radius 1 is 0.721 bits per heavy atom. The Hall–Kier alpha value is -3.63. The fourth-order valence-electron chi connectivity index (χ4n) is 6.81.